The Morgan fingerprint density at radius 3 is 2.90 bits per heavy atom. The standard InChI is InChI=1S/C18H27ClN2/c1-4-21-8-7-13(12-21)11-20-17-16-9-15(19)6-5-14(16)10-18(17,2)3/h5-6,9,13,17,20H,4,7-8,10-12H2,1-3H3. The average molecular weight is 307 g/mol. The first kappa shape index (κ1) is 15.3. The molecule has 3 heteroatoms. The van der Waals surface area contributed by atoms with E-state index in [1.807, 2.05) is 6.07 Å². The average Bonchev–Trinajstić information content (AvgIpc) is 2.98. The molecule has 21 heavy (non-hydrogen) atoms. The van der Waals surface area contributed by atoms with Crippen molar-refractivity contribution in [2.24, 2.45) is 11.3 Å². The van der Waals surface area contributed by atoms with Gasteiger partial charge in [-0.2, -0.15) is 0 Å². The Hall–Kier alpha value is -0.570. The molecule has 1 aromatic carbocycles. The van der Waals surface area contributed by atoms with E-state index in [1.165, 1.54) is 37.2 Å². The summed E-state index contributed by atoms with van der Waals surface area (Å²) in [5, 5.41) is 4.71. The topological polar surface area (TPSA) is 15.3 Å². The maximum Gasteiger partial charge on any atom is 0.0409 e. The van der Waals surface area contributed by atoms with Gasteiger partial charge in [0.1, 0.15) is 0 Å². The largest absolute Gasteiger partial charge is 0.309 e. The first-order chi connectivity index (χ1) is 9.99. The molecule has 0 amide bonds. The Morgan fingerprint density at radius 2 is 2.19 bits per heavy atom. The van der Waals surface area contributed by atoms with Crippen molar-refractivity contribution in [2.45, 2.75) is 39.7 Å². The summed E-state index contributed by atoms with van der Waals surface area (Å²) in [6, 6.07) is 6.82. The summed E-state index contributed by atoms with van der Waals surface area (Å²) in [6.07, 6.45) is 2.47. The summed E-state index contributed by atoms with van der Waals surface area (Å²) in [5.41, 5.74) is 3.15. The Labute approximate surface area is 133 Å². The number of rotatable bonds is 4. The molecule has 1 fully saturated rings. The van der Waals surface area contributed by atoms with Crippen LogP contribution in [0.25, 0.3) is 0 Å². The van der Waals surface area contributed by atoms with E-state index >= 15 is 0 Å². The lowest BCUT2D eigenvalue weighted by Crippen LogP contribution is -2.35. The fourth-order valence-corrected chi connectivity index (χ4v) is 4.23. The Bertz CT molecular complexity index is 512. The molecule has 0 radical (unpaired) electrons. The second kappa shape index (κ2) is 5.91. The summed E-state index contributed by atoms with van der Waals surface area (Å²) in [6.45, 7) is 11.8. The molecule has 2 unspecified atom stereocenters. The van der Waals surface area contributed by atoms with Crippen molar-refractivity contribution in [3.8, 4) is 0 Å². The van der Waals surface area contributed by atoms with Crippen LogP contribution in [-0.2, 0) is 6.42 Å². The molecular formula is C18H27ClN2. The van der Waals surface area contributed by atoms with E-state index < -0.39 is 0 Å². The zero-order valence-corrected chi connectivity index (χ0v) is 14.2. The predicted octanol–water partition coefficient (Wildman–Crippen LogP) is 3.89. The van der Waals surface area contributed by atoms with E-state index in [0.29, 0.717) is 6.04 Å². The van der Waals surface area contributed by atoms with Gasteiger partial charge in [0.15, 0.2) is 0 Å². The van der Waals surface area contributed by atoms with Gasteiger partial charge in [-0.05, 0) is 67.1 Å². The van der Waals surface area contributed by atoms with Crippen LogP contribution in [-0.4, -0.2) is 31.1 Å². The summed E-state index contributed by atoms with van der Waals surface area (Å²) in [4.78, 5) is 2.55. The zero-order chi connectivity index (χ0) is 15.0. The number of fused-ring (bicyclic) bond motifs is 1. The molecule has 3 rings (SSSR count). The maximum atomic E-state index is 6.21. The number of halogens is 1. The summed E-state index contributed by atoms with van der Waals surface area (Å²) in [7, 11) is 0. The Balaban J connectivity index is 1.69. The van der Waals surface area contributed by atoms with Crippen LogP contribution in [0, 0.1) is 11.3 Å². The molecule has 1 N–H and O–H groups in total. The number of nitrogens with zero attached hydrogens (tertiary/aromatic N) is 1. The van der Waals surface area contributed by atoms with Crippen LogP contribution in [0.15, 0.2) is 18.2 Å². The molecule has 1 heterocycles. The molecule has 2 aliphatic rings. The zero-order valence-electron chi connectivity index (χ0n) is 13.5. The lowest BCUT2D eigenvalue weighted by molar-refractivity contribution is 0.255. The highest BCUT2D eigenvalue weighted by Crippen LogP contribution is 2.45. The van der Waals surface area contributed by atoms with Gasteiger partial charge in [-0.3, -0.25) is 0 Å². The molecule has 0 saturated carbocycles. The van der Waals surface area contributed by atoms with Crippen molar-refractivity contribution in [3.63, 3.8) is 0 Å². The molecule has 0 bridgehead atoms. The van der Waals surface area contributed by atoms with Gasteiger partial charge in [0, 0.05) is 17.6 Å². The second-order valence-electron chi connectivity index (χ2n) is 7.40. The van der Waals surface area contributed by atoms with Crippen LogP contribution in [0.5, 0.6) is 0 Å². The highest BCUT2D eigenvalue weighted by atomic mass is 35.5. The molecule has 2 atom stereocenters. The van der Waals surface area contributed by atoms with Crippen LogP contribution < -0.4 is 5.32 Å². The lowest BCUT2D eigenvalue weighted by Gasteiger charge is -2.30. The fraction of sp³-hybridized carbons (Fsp3) is 0.667. The minimum atomic E-state index is 0.274. The van der Waals surface area contributed by atoms with Gasteiger partial charge in [-0.1, -0.05) is 38.4 Å². The van der Waals surface area contributed by atoms with E-state index in [0.717, 1.165) is 23.9 Å². The van der Waals surface area contributed by atoms with E-state index in [2.05, 4.69) is 43.1 Å². The molecule has 1 aliphatic heterocycles. The molecule has 116 valence electrons. The molecular weight excluding hydrogens is 280 g/mol. The normalized spacial score (nSPS) is 28.0. The molecule has 1 aliphatic carbocycles. The van der Waals surface area contributed by atoms with E-state index in [9.17, 15) is 0 Å². The third-order valence-electron chi connectivity index (χ3n) is 5.27. The molecule has 1 aromatic rings. The van der Waals surface area contributed by atoms with Gasteiger partial charge >= 0.3 is 0 Å². The van der Waals surface area contributed by atoms with E-state index in [4.69, 9.17) is 11.6 Å². The van der Waals surface area contributed by atoms with E-state index in [-0.39, 0.29) is 5.41 Å². The number of benzene rings is 1. The Kier molecular flexibility index (Phi) is 4.31. The van der Waals surface area contributed by atoms with Gasteiger partial charge in [0.25, 0.3) is 0 Å². The number of hydrogen-bond acceptors (Lipinski definition) is 2. The highest BCUT2D eigenvalue weighted by molar-refractivity contribution is 6.30. The van der Waals surface area contributed by atoms with Gasteiger partial charge < -0.3 is 10.2 Å². The van der Waals surface area contributed by atoms with Crippen LogP contribution in [0.4, 0.5) is 0 Å². The molecule has 0 aromatic heterocycles. The van der Waals surface area contributed by atoms with Crippen molar-refractivity contribution in [1.29, 1.82) is 0 Å². The number of likely N-dealkylation sites (tertiary alicyclic amines) is 1. The summed E-state index contributed by atoms with van der Waals surface area (Å²) < 4.78 is 0. The fourth-order valence-electron chi connectivity index (χ4n) is 4.05. The van der Waals surface area contributed by atoms with Crippen LogP contribution >= 0.6 is 11.6 Å². The first-order valence-corrected chi connectivity index (χ1v) is 8.61. The number of hydrogen-bond donors (Lipinski definition) is 1. The van der Waals surface area contributed by atoms with Gasteiger partial charge in [0.05, 0.1) is 0 Å². The quantitative estimate of drug-likeness (QED) is 0.908. The van der Waals surface area contributed by atoms with E-state index in [1.54, 1.807) is 0 Å². The predicted molar refractivity (Wildman–Crippen MR) is 89.9 cm³/mol. The smallest absolute Gasteiger partial charge is 0.0409 e. The highest BCUT2D eigenvalue weighted by Gasteiger charge is 2.39. The van der Waals surface area contributed by atoms with Crippen molar-refractivity contribution < 1.29 is 0 Å². The third kappa shape index (κ3) is 3.13. The summed E-state index contributed by atoms with van der Waals surface area (Å²) >= 11 is 6.21. The van der Waals surface area contributed by atoms with Crippen molar-refractivity contribution in [2.75, 3.05) is 26.2 Å². The van der Waals surface area contributed by atoms with Crippen molar-refractivity contribution in [1.82, 2.24) is 10.2 Å². The summed E-state index contributed by atoms with van der Waals surface area (Å²) in [5.74, 6) is 0.795. The van der Waals surface area contributed by atoms with Crippen LogP contribution in [0.2, 0.25) is 5.02 Å². The second-order valence-corrected chi connectivity index (χ2v) is 7.83. The van der Waals surface area contributed by atoms with Gasteiger partial charge in [-0.15, -0.1) is 0 Å². The molecule has 0 spiro atoms. The lowest BCUT2D eigenvalue weighted by atomic mass is 9.85. The van der Waals surface area contributed by atoms with Crippen molar-refractivity contribution in [3.05, 3.63) is 34.3 Å². The first-order valence-electron chi connectivity index (χ1n) is 8.23. The SMILES string of the molecule is CCN1CCC(CNC2c3cc(Cl)ccc3CC2(C)C)C1. The maximum absolute atomic E-state index is 6.21. The minimum Gasteiger partial charge on any atom is -0.309 e. The third-order valence-corrected chi connectivity index (χ3v) is 5.51. The van der Waals surface area contributed by atoms with Gasteiger partial charge in [-0.25, -0.2) is 0 Å². The minimum absolute atomic E-state index is 0.274. The van der Waals surface area contributed by atoms with Gasteiger partial charge in [0.2, 0.25) is 0 Å². The molecule has 2 nitrogen and oxygen atoms in total. The monoisotopic (exact) mass is 306 g/mol. The van der Waals surface area contributed by atoms with Crippen LogP contribution in [0.3, 0.4) is 0 Å². The molecule has 1 saturated heterocycles. The van der Waals surface area contributed by atoms with Crippen LogP contribution in [0.1, 0.15) is 44.4 Å². The van der Waals surface area contributed by atoms with Crippen molar-refractivity contribution >= 4 is 11.6 Å². The Morgan fingerprint density at radius 1 is 1.38 bits per heavy atom. The number of nitrogens with one attached hydrogen (secondary N) is 1.